The molecule has 0 aromatic heterocycles. The fourth-order valence-corrected chi connectivity index (χ4v) is 2.93. The molecule has 0 bridgehead atoms. The molecule has 1 heterocycles. The van der Waals surface area contributed by atoms with Gasteiger partial charge in [-0.2, -0.15) is 0 Å². The summed E-state index contributed by atoms with van der Waals surface area (Å²) >= 11 is 0. The highest BCUT2D eigenvalue weighted by molar-refractivity contribution is 5.83. The molecule has 3 unspecified atom stereocenters. The molecule has 21 heavy (non-hydrogen) atoms. The number of aliphatic hydroxyl groups excluding tert-OH is 1. The number of ether oxygens (including phenoxy) is 1. The molecule has 1 amide bonds. The van der Waals surface area contributed by atoms with E-state index in [1.165, 1.54) is 0 Å². The Labute approximate surface area is 126 Å². The number of nitrogens with one attached hydrogen (secondary N) is 1. The van der Waals surface area contributed by atoms with E-state index in [1.807, 2.05) is 31.2 Å². The summed E-state index contributed by atoms with van der Waals surface area (Å²) in [5.74, 6) is 1.16. The van der Waals surface area contributed by atoms with Crippen LogP contribution in [0.15, 0.2) is 24.3 Å². The highest BCUT2D eigenvalue weighted by Gasteiger charge is 2.35. The Morgan fingerprint density at radius 2 is 2.14 bits per heavy atom. The monoisotopic (exact) mass is 291 g/mol. The summed E-state index contributed by atoms with van der Waals surface area (Å²) in [5, 5.41) is 12.0. The Bertz CT molecular complexity index is 469. The third-order valence-electron chi connectivity index (χ3n) is 4.18. The summed E-state index contributed by atoms with van der Waals surface area (Å²) in [7, 11) is 0. The number of rotatable bonds is 7. The quantitative estimate of drug-likeness (QED) is 0.811. The van der Waals surface area contributed by atoms with Crippen molar-refractivity contribution in [2.45, 2.75) is 45.1 Å². The lowest BCUT2D eigenvalue weighted by molar-refractivity contribution is -0.128. The molecule has 4 heteroatoms. The van der Waals surface area contributed by atoms with Crippen molar-refractivity contribution in [3.63, 3.8) is 0 Å². The third-order valence-corrected chi connectivity index (χ3v) is 4.18. The number of hydrogen-bond donors (Lipinski definition) is 2. The van der Waals surface area contributed by atoms with Gasteiger partial charge >= 0.3 is 0 Å². The fraction of sp³-hybridized carbons (Fsp3) is 0.588. The topological polar surface area (TPSA) is 58.6 Å². The Morgan fingerprint density at radius 1 is 1.38 bits per heavy atom. The summed E-state index contributed by atoms with van der Waals surface area (Å²) in [6, 6.07) is 7.81. The van der Waals surface area contributed by atoms with E-state index in [4.69, 9.17) is 9.84 Å². The van der Waals surface area contributed by atoms with Crippen LogP contribution in [0, 0.1) is 5.92 Å². The van der Waals surface area contributed by atoms with E-state index in [0.29, 0.717) is 12.5 Å². The van der Waals surface area contributed by atoms with Gasteiger partial charge in [0.2, 0.25) is 0 Å². The average Bonchev–Trinajstić information content (AvgIpc) is 2.83. The molecule has 1 aliphatic rings. The van der Waals surface area contributed by atoms with Crippen molar-refractivity contribution < 1.29 is 14.6 Å². The average molecular weight is 291 g/mol. The van der Waals surface area contributed by atoms with Crippen LogP contribution in [0.4, 0.5) is 0 Å². The molecule has 1 aliphatic heterocycles. The first kappa shape index (κ1) is 15.8. The van der Waals surface area contributed by atoms with E-state index in [2.05, 4.69) is 12.2 Å². The number of para-hydroxylation sites is 1. The molecule has 0 aliphatic carbocycles. The van der Waals surface area contributed by atoms with Gasteiger partial charge in [-0.15, -0.1) is 0 Å². The minimum absolute atomic E-state index is 0.0576. The zero-order valence-electron chi connectivity index (χ0n) is 12.8. The minimum atomic E-state index is -0.446. The van der Waals surface area contributed by atoms with Crippen LogP contribution in [-0.2, 0) is 4.79 Å². The predicted molar refractivity (Wildman–Crippen MR) is 82.4 cm³/mol. The highest BCUT2D eigenvalue weighted by atomic mass is 16.5. The lowest BCUT2D eigenvalue weighted by Crippen LogP contribution is -2.41. The molecule has 1 aromatic carbocycles. The molecule has 1 aromatic rings. The van der Waals surface area contributed by atoms with Crippen LogP contribution in [0.2, 0.25) is 0 Å². The second-order valence-corrected chi connectivity index (χ2v) is 5.78. The van der Waals surface area contributed by atoms with Crippen LogP contribution in [-0.4, -0.2) is 30.3 Å². The number of fused-ring (bicyclic) bond motifs is 1. The SMILES string of the molecule is CCCC(CCO)CNC(=O)C1Oc2ccccc2C1C. The number of amides is 1. The number of aliphatic hydroxyl groups is 1. The van der Waals surface area contributed by atoms with E-state index in [1.54, 1.807) is 0 Å². The number of benzene rings is 1. The van der Waals surface area contributed by atoms with Crippen LogP contribution in [0.3, 0.4) is 0 Å². The standard InChI is InChI=1S/C17H25NO3/c1-3-6-13(9-10-19)11-18-17(20)16-12(2)14-7-4-5-8-15(14)21-16/h4-5,7-8,12-13,16,19H,3,6,9-11H2,1-2H3,(H,18,20). The van der Waals surface area contributed by atoms with E-state index in [9.17, 15) is 4.79 Å². The van der Waals surface area contributed by atoms with E-state index < -0.39 is 6.10 Å². The van der Waals surface area contributed by atoms with E-state index in [0.717, 1.165) is 30.6 Å². The molecule has 0 spiro atoms. The highest BCUT2D eigenvalue weighted by Crippen LogP contribution is 2.37. The van der Waals surface area contributed by atoms with Crippen molar-refractivity contribution in [3.8, 4) is 5.75 Å². The van der Waals surface area contributed by atoms with Crippen LogP contribution < -0.4 is 10.1 Å². The zero-order chi connectivity index (χ0) is 15.2. The van der Waals surface area contributed by atoms with E-state index in [-0.39, 0.29) is 18.4 Å². The molecular weight excluding hydrogens is 266 g/mol. The third kappa shape index (κ3) is 3.76. The normalized spacial score (nSPS) is 21.5. The maximum atomic E-state index is 12.3. The number of carbonyl (C=O) groups excluding carboxylic acids is 1. The van der Waals surface area contributed by atoms with Crippen molar-refractivity contribution in [2.24, 2.45) is 5.92 Å². The first-order valence-corrected chi connectivity index (χ1v) is 7.81. The zero-order valence-corrected chi connectivity index (χ0v) is 12.8. The number of hydrogen-bond acceptors (Lipinski definition) is 3. The Kier molecular flexibility index (Phi) is 5.62. The Hall–Kier alpha value is -1.55. The van der Waals surface area contributed by atoms with Crippen molar-refractivity contribution in [2.75, 3.05) is 13.2 Å². The molecule has 4 nitrogen and oxygen atoms in total. The molecule has 0 fully saturated rings. The Balaban J connectivity index is 1.90. The summed E-state index contributed by atoms with van der Waals surface area (Å²) in [6.45, 7) is 4.91. The Morgan fingerprint density at radius 3 is 2.81 bits per heavy atom. The van der Waals surface area contributed by atoms with Crippen molar-refractivity contribution in [3.05, 3.63) is 29.8 Å². The molecule has 2 rings (SSSR count). The van der Waals surface area contributed by atoms with Crippen LogP contribution in [0.5, 0.6) is 5.75 Å². The second kappa shape index (κ2) is 7.46. The van der Waals surface area contributed by atoms with Gasteiger partial charge in [-0.25, -0.2) is 0 Å². The molecule has 2 N–H and O–H groups in total. The van der Waals surface area contributed by atoms with Crippen molar-refractivity contribution >= 4 is 5.91 Å². The van der Waals surface area contributed by atoms with Crippen molar-refractivity contribution in [1.82, 2.24) is 5.32 Å². The van der Waals surface area contributed by atoms with Crippen LogP contribution >= 0.6 is 0 Å². The second-order valence-electron chi connectivity index (χ2n) is 5.78. The fourth-order valence-electron chi connectivity index (χ4n) is 2.93. The summed E-state index contributed by atoms with van der Waals surface area (Å²) in [4.78, 5) is 12.3. The van der Waals surface area contributed by atoms with Gasteiger partial charge in [0, 0.05) is 24.6 Å². The lowest BCUT2D eigenvalue weighted by atomic mass is 9.96. The van der Waals surface area contributed by atoms with Gasteiger partial charge in [0.15, 0.2) is 6.10 Å². The predicted octanol–water partition coefficient (Wildman–Crippen LogP) is 2.47. The number of carbonyl (C=O) groups is 1. The summed E-state index contributed by atoms with van der Waals surface area (Å²) < 4.78 is 5.77. The molecule has 0 radical (unpaired) electrons. The summed E-state index contributed by atoms with van der Waals surface area (Å²) in [6.07, 6.45) is 2.36. The summed E-state index contributed by atoms with van der Waals surface area (Å²) in [5.41, 5.74) is 1.10. The van der Waals surface area contributed by atoms with Gasteiger partial charge in [-0.1, -0.05) is 38.5 Å². The van der Waals surface area contributed by atoms with E-state index >= 15 is 0 Å². The van der Waals surface area contributed by atoms with Gasteiger partial charge in [0.1, 0.15) is 5.75 Å². The molecular formula is C17H25NO3. The van der Waals surface area contributed by atoms with Gasteiger partial charge in [-0.05, 0) is 24.8 Å². The molecule has 3 atom stereocenters. The largest absolute Gasteiger partial charge is 0.480 e. The van der Waals surface area contributed by atoms with Crippen LogP contribution in [0.1, 0.15) is 44.6 Å². The van der Waals surface area contributed by atoms with Gasteiger partial charge in [-0.3, -0.25) is 4.79 Å². The van der Waals surface area contributed by atoms with Crippen LogP contribution in [0.25, 0.3) is 0 Å². The maximum Gasteiger partial charge on any atom is 0.261 e. The van der Waals surface area contributed by atoms with Gasteiger partial charge in [0.25, 0.3) is 5.91 Å². The van der Waals surface area contributed by atoms with Crippen molar-refractivity contribution in [1.29, 1.82) is 0 Å². The first-order chi connectivity index (χ1) is 10.2. The first-order valence-electron chi connectivity index (χ1n) is 7.81. The minimum Gasteiger partial charge on any atom is -0.480 e. The van der Waals surface area contributed by atoms with Gasteiger partial charge < -0.3 is 15.2 Å². The molecule has 0 saturated carbocycles. The molecule has 0 saturated heterocycles. The smallest absolute Gasteiger partial charge is 0.261 e. The maximum absolute atomic E-state index is 12.3. The molecule has 116 valence electrons. The lowest BCUT2D eigenvalue weighted by Gasteiger charge is -2.19. The van der Waals surface area contributed by atoms with Gasteiger partial charge in [0.05, 0.1) is 0 Å².